The third kappa shape index (κ3) is 4.52. The lowest BCUT2D eigenvalue weighted by Gasteiger charge is -2.08. The molecule has 0 aliphatic heterocycles. The van der Waals surface area contributed by atoms with Gasteiger partial charge in [-0.15, -0.1) is 0 Å². The molecule has 1 aliphatic carbocycles. The van der Waals surface area contributed by atoms with Crippen molar-refractivity contribution in [1.82, 2.24) is 19.6 Å². The maximum absolute atomic E-state index is 13.3. The highest BCUT2D eigenvalue weighted by Gasteiger charge is 2.42. The number of amides is 1. The maximum atomic E-state index is 13.3. The molecule has 4 aromatic rings. The summed E-state index contributed by atoms with van der Waals surface area (Å²) in [5, 5.41) is 13.0. The zero-order valence-electron chi connectivity index (χ0n) is 17.3. The number of anilines is 1. The van der Waals surface area contributed by atoms with E-state index in [-0.39, 0.29) is 16.9 Å². The lowest BCUT2D eigenvalue weighted by molar-refractivity contribution is -0.142. The highest BCUT2D eigenvalue weighted by molar-refractivity contribution is 9.10. The van der Waals surface area contributed by atoms with Crippen LogP contribution >= 0.6 is 15.9 Å². The summed E-state index contributed by atoms with van der Waals surface area (Å²) in [4.78, 5) is 12.6. The van der Waals surface area contributed by atoms with Crippen molar-refractivity contribution in [3.63, 3.8) is 0 Å². The van der Waals surface area contributed by atoms with Gasteiger partial charge in [0, 0.05) is 18.2 Å². The minimum atomic E-state index is -4.59. The number of carbonyl (C=O) groups excluding carboxylic acids is 1. The molecule has 1 fully saturated rings. The first kappa shape index (κ1) is 21.7. The maximum Gasteiger partial charge on any atom is 0.436 e. The van der Waals surface area contributed by atoms with Crippen LogP contribution in [0.4, 0.5) is 19.0 Å². The molecule has 0 bridgehead atoms. The number of benzene rings is 2. The van der Waals surface area contributed by atoms with Crippen LogP contribution in [0.2, 0.25) is 0 Å². The molecule has 1 saturated carbocycles. The Labute approximate surface area is 195 Å². The van der Waals surface area contributed by atoms with Crippen LogP contribution in [0.1, 0.15) is 35.7 Å². The number of rotatable bonds is 6. The number of aromatic nitrogens is 4. The van der Waals surface area contributed by atoms with E-state index in [0.29, 0.717) is 18.1 Å². The monoisotopic (exact) mass is 517 g/mol. The first-order valence-corrected chi connectivity index (χ1v) is 11.2. The Morgan fingerprint density at radius 3 is 2.61 bits per heavy atom. The molecule has 2 heterocycles. The second-order valence-electron chi connectivity index (χ2n) is 8.06. The van der Waals surface area contributed by atoms with E-state index in [2.05, 4.69) is 31.4 Å². The van der Waals surface area contributed by atoms with Gasteiger partial charge in [0.2, 0.25) is 5.91 Å². The molecule has 1 amide bonds. The molecule has 1 aliphatic rings. The summed E-state index contributed by atoms with van der Waals surface area (Å²) in [6, 6.07) is 15.8. The van der Waals surface area contributed by atoms with E-state index in [0.717, 1.165) is 33.9 Å². The molecule has 2 aromatic heterocycles. The number of halogens is 4. The normalized spacial score (nSPS) is 14.1. The number of fused-ring (bicyclic) bond motifs is 1. The van der Waals surface area contributed by atoms with Gasteiger partial charge in [-0.05, 0) is 45.1 Å². The van der Waals surface area contributed by atoms with Crippen molar-refractivity contribution < 1.29 is 18.0 Å². The molecule has 33 heavy (non-hydrogen) atoms. The van der Waals surface area contributed by atoms with E-state index in [4.69, 9.17) is 0 Å². The predicted octanol–water partition coefficient (Wildman–Crippen LogP) is 5.58. The molecule has 5 rings (SSSR count). The van der Waals surface area contributed by atoms with Gasteiger partial charge in [0.15, 0.2) is 11.5 Å². The summed E-state index contributed by atoms with van der Waals surface area (Å²) < 4.78 is 42.6. The Kier molecular flexibility index (Phi) is 5.48. The fourth-order valence-electron chi connectivity index (χ4n) is 3.94. The Morgan fingerprint density at radius 1 is 1.09 bits per heavy atom. The van der Waals surface area contributed by atoms with Crippen LogP contribution in [0.5, 0.6) is 0 Å². The summed E-state index contributed by atoms with van der Waals surface area (Å²) in [5.74, 6) is -0.179. The molecule has 1 N–H and O–H groups in total. The Hall–Kier alpha value is -3.14. The molecule has 0 unspecified atom stereocenters. The highest BCUT2D eigenvalue weighted by atomic mass is 79.9. The zero-order chi connectivity index (χ0) is 23.2. The van der Waals surface area contributed by atoms with Crippen molar-refractivity contribution in [3.8, 4) is 0 Å². The molecule has 10 heteroatoms. The van der Waals surface area contributed by atoms with Gasteiger partial charge in [-0.3, -0.25) is 14.2 Å². The van der Waals surface area contributed by atoms with Crippen LogP contribution in [-0.4, -0.2) is 25.5 Å². The smallest absolute Gasteiger partial charge is 0.308 e. The van der Waals surface area contributed by atoms with Crippen LogP contribution in [0.15, 0.2) is 59.2 Å². The van der Waals surface area contributed by atoms with Crippen LogP contribution in [-0.2, 0) is 24.1 Å². The first-order chi connectivity index (χ1) is 15.8. The van der Waals surface area contributed by atoms with Crippen molar-refractivity contribution in [3.05, 3.63) is 76.2 Å². The molecule has 0 atom stereocenters. The first-order valence-electron chi connectivity index (χ1n) is 10.4. The highest BCUT2D eigenvalue weighted by Crippen LogP contribution is 2.46. The molecular weight excluding hydrogens is 499 g/mol. The topological polar surface area (TPSA) is 64.7 Å². The fourth-order valence-corrected chi connectivity index (χ4v) is 4.77. The van der Waals surface area contributed by atoms with E-state index < -0.39 is 17.8 Å². The molecule has 2 aromatic carbocycles. The number of carbonyl (C=O) groups is 1. The van der Waals surface area contributed by atoms with Gasteiger partial charge in [0.1, 0.15) is 6.54 Å². The van der Waals surface area contributed by atoms with Gasteiger partial charge >= 0.3 is 6.18 Å². The standard InChI is InChI=1S/C23H19BrF3N5O/c24-20-21(15-8-9-15)32(30-22(20)23(25,26)27)13-19(33)28-18-10-11-31(29-18)12-16-6-3-5-14-4-1-2-7-17(14)16/h1-7,10-11,15H,8-9,12-13H2,(H,28,29,33). The van der Waals surface area contributed by atoms with Gasteiger partial charge in [-0.2, -0.15) is 23.4 Å². The number of alkyl halides is 3. The van der Waals surface area contributed by atoms with E-state index in [1.54, 1.807) is 16.9 Å². The van der Waals surface area contributed by atoms with Crippen molar-refractivity contribution in [1.29, 1.82) is 0 Å². The van der Waals surface area contributed by atoms with Gasteiger partial charge in [0.25, 0.3) is 0 Å². The van der Waals surface area contributed by atoms with Gasteiger partial charge in [-0.25, -0.2) is 0 Å². The van der Waals surface area contributed by atoms with E-state index in [9.17, 15) is 18.0 Å². The second kappa shape index (κ2) is 8.33. The number of nitrogens with zero attached hydrogens (tertiary/aromatic N) is 4. The van der Waals surface area contributed by atoms with Gasteiger partial charge in [0.05, 0.1) is 16.7 Å². The van der Waals surface area contributed by atoms with Crippen molar-refractivity contribution in [2.75, 3.05) is 5.32 Å². The second-order valence-corrected chi connectivity index (χ2v) is 8.86. The lowest BCUT2D eigenvalue weighted by Crippen LogP contribution is -2.21. The summed E-state index contributed by atoms with van der Waals surface area (Å²) in [7, 11) is 0. The Morgan fingerprint density at radius 2 is 1.85 bits per heavy atom. The summed E-state index contributed by atoms with van der Waals surface area (Å²) >= 11 is 3.04. The van der Waals surface area contributed by atoms with Crippen LogP contribution in [0.3, 0.4) is 0 Å². The largest absolute Gasteiger partial charge is 0.436 e. The average molecular weight is 518 g/mol. The van der Waals surface area contributed by atoms with Crippen LogP contribution < -0.4 is 5.32 Å². The number of hydrogen-bond acceptors (Lipinski definition) is 3. The van der Waals surface area contributed by atoms with Crippen molar-refractivity contribution in [2.45, 2.75) is 38.0 Å². The third-order valence-corrected chi connectivity index (χ3v) is 6.36. The minimum Gasteiger partial charge on any atom is -0.308 e. The van der Waals surface area contributed by atoms with Gasteiger partial charge in [-0.1, -0.05) is 42.5 Å². The molecule has 0 radical (unpaired) electrons. The Balaban J connectivity index is 1.30. The molecule has 6 nitrogen and oxygen atoms in total. The molecular formula is C23H19BrF3N5O. The Bertz CT molecular complexity index is 1330. The number of nitrogens with one attached hydrogen (secondary N) is 1. The quantitative estimate of drug-likeness (QED) is 0.363. The van der Waals surface area contributed by atoms with Crippen LogP contribution in [0.25, 0.3) is 10.8 Å². The summed E-state index contributed by atoms with van der Waals surface area (Å²) in [5.41, 5.74) is 0.500. The van der Waals surface area contributed by atoms with Gasteiger partial charge < -0.3 is 5.32 Å². The van der Waals surface area contributed by atoms with Crippen LogP contribution in [0, 0.1) is 0 Å². The predicted molar refractivity (Wildman–Crippen MR) is 121 cm³/mol. The summed E-state index contributed by atoms with van der Waals surface area (Å²) in [6.45, 7) is 0.195. The number of hydrogen-bond donors (Lipinski definition) is 1. The van der Waals surface area contributed by atoms with E-state index >= 15 is 0 Å². The molecule has 170 valence electrons. The average Bonchev–Trinajstić information content (AvgIpc) is 3.41. The lowest BCUT2D eigenvalue weighted by atomic mass is 10.0. The van der Waals surface area contributed by atoms with E-state index in [1.165, 1.54) is 0 Å². The van der Waals surface area contributed by atoms with Crippen molar-refractivity contribution >= 4 is 38.4 Å². The zero-order valence-corrected chi connectivity index (χ0v) is 18.9. The van der Waals surface area contributed by atoms with Crippen molar-refractivity contribution in [2.24, 2.45) is 0 Å². The molecule has 0 saturated heterocycles. The fraction of sp³-hybridized carbons (Fsp3) is 0.261. The molecule has 0 spiro atoms. The third-order valence-electron chi connectivity index (χ3n) is 5.58. The SMILES string of the molecule is O=C(Cn1nc(C(F)(F)F)c(Br)c1C1CC1)Nc1ccn(Cc2cccc3ccccc23)n1. The van der Waals surface area contributed by atoms with E-state index in [1.807, 2.05) is 42.5 Å². The minimum absolute atomic E-state index is 0.0179. The summed E-state index contributed by atoms with van der Waals surface area (Å²) in [6.07, 6.45) is -1.28.